The Morgan fingerprint density at radius 2 is 1.92 bits per heavy atom. The zero-order valence-electron chi connectivity index (χ0n) is 8.35. The van der Waals surface area contributed by atoms with Gasteiger partial charge in [0.15, 0.2) is 0 Å². The molecule has 3 heteroatoms. The summed E-state index contributed by atoms with van der Waals surface area (Å²) in [6.07, 6.45) is 2.28. The van der Waals surface area contributed by atoms with Crippen molar-refractivity contribution in [3.05, 3.63) is 0 Å². The maximum absolute atomic E-state index is 10.9. The van der Waals surface area contributed by atoms with E-state index in [1.54, 1.807) is 0 Å². The summed E-state index contributed by atoms with van der Waals surface area (Å²) < 4.78 is 0. The number of rotatable bonds is 4. The van der Waals surface area contributed by atoms with Crippen LogP contribution in [-0.2, 0) is 14.6 Å². The van der Waals surface area contributed by atoms with Crippen LogP contribution < -0.4 is 0 Å². The third-order valence-electron chi connectivity index (χ3n) is 1.12. The molecule has 0 aromatic rings. The largest absolute Gasteiger partial charge is 0.342 e. The van der Waals surface area contributed by atoms with Crippen LogP contribution in [0.3, 0.4) is 0 Å². The average molecular weight is 174 g/mol. The van der Waals surface area contributed by atoms with Crippen molar-refractivity contribution in [2.24, 2.45) is 0 Å². The summed E-state index contributed by atoms with van der Waals surface area (Å²) in [6, 6.07) is 0. The SMILES string of the molecule is CCCCC(=O)OOC(C)(C)C. The first-order chi connectivity index (χ1) is 5.45. The quantitative estimate of drug-likeness (QED) is 0.485. The van der Waals surface area contributed by atoms with Crippen molar-refractivity contribution in [1.29, 1.82) is 0 Å². The molecule has 0 unspecified atom stereocenters. The second kappa shape index (κ2) is 5.14. The normalized spacial score (nSPS) is 11.3. The maximum atomic E-state index is 10.9. The smallest absolute Gasteiger partial charge is 0.298 e. The third kappa shape index (κ3) is 7.54. The zero-order chi connectivity index (χ0) is 9.61. The lowest BCUT2D eigenvalue weighted by Crippen LogP contribution is -2.21. The van der Waals surface area contributed by atoms with Crippen LogP contribution in [0.5, 0.6) is 0 Å². The molecule has 0 aromatic carbocycles. The van der Waals surface area contributed by atoms with E-state index in [4.69, 9.17) is 4.89 Å². The first-order valence-electron chi connectivity index (χ1n) is 4.34. The van der Waals surface area contributed by atoms with E-state index in [9.17, 15) is 4.79 Å². The van der Waals surface area contributed by atoms with Gasteiger partial charge in [-0.15, -0.1) is 0 Å². The van der Waals surface area contributed by atoms with Crippen molar-refractivity contribution in [2.45, 2.75) is 52.6 Å². The van der Waals surface area contributed by atoms with E-state index >= 15 is 0 Å². The Kier molecular flexibility index (Phi) is 4.90. The summed E-state index contributed by atoms with van der Waals surface area (Å²) in [5.41, 5.74) is -0.415. The number of unbranched alkanes of at least 4 members (excludes halogenated alkanes) is 1. The molecule has 0 aliphatic rings. The van der Waals surface area contributed by atoms with Gasteiger partial charge in [-0.2, -0.15) is 4.89 Å². The van der Waals surface area contributed by atoms with Crippen molar-refractivity contribution in [1.82, 2.24) is 0 Å². The van der Waals surface area contributed by atoms with E-state index in [0.29, 0.717) is 6.42 Å². The Morgan fingerprint density at radius 3 is 2.33 bits per heavy atom. The number of hydrogen-bond acceptors (Lipinski definition) is 3. The Morgan fingerprint density at radius 1 is 1.33 bits per heavy atom. The molecule has 0 aromatic heterocycles. The molecule has 0 aliphatic heterocycles. The van der Waals surface area contributed by atoms with E-state index in [0.717, 1.165) is 12.8 Å². The molecule has 0 radical (unpaired) electrons. The Balaban J connectivity index is 3.44. The standard InChI is InChI=1S/C9H18O3/c1-5-6-7-8(10)11-12-9(2,3)4/h5-7H2,1-4H3. The molecule has 0 heterocycles. The second-order valence-electron chi connectivity index (χ2n) is 3.75. The monoisotopic (exact) mass is 174 g/mol. The zero-order valence-corrected chi connectivity index (χ0v) is 8.35. The van der Waals surface area contributed by atoms with Crippen LogP contribution in [0.1, 0.15) is 47.0 Å². The number of hydrogen-bond donors (Lipinski definition) is 0. The van der Waals surface area contributed by atoms with E-state index in [1.165, 1.54) is 0 Å². The van der Waals surface area contributed by atoms with Crippen LogP contribution in [0, 0.1) is 0 Å². The molecule has 0 rings (SSSR count). The van der Waals surface area contributed by atoms with Crippen molar-refractivity contribution in [3.63, 3.8) is 0 Å². The summed E-state index contributed by atoms with van der Waals surface area (Å²) in [6.45, 7) is 7.53. The Bertz CT molecular complexity index is 135. The molecule has 72 valence electrons. The lowest BCUT2D eigenvalue weighted by molar-refractivity contribution is -0.320. The fourth-order valence-corrected chi connectivity index (χ4v) is 0.534. The third-order valence-corrected chi connectivity index (χ3v) is 1.12. The van der Waals surface area contributed by atoms with Crippen molar-refractivity contribution in [2.75, 3.05) is 0 Å². The van der Waals surface area contributed by atoms with Gasteiger partial charge in [0, 0.05) is 6.42 Å². The highest BCUT2D eigenvalue weighted by molar-refractivity contribution is 5.68. The predicted molar refractivity (Wildman–Crippen MR) is 46.5 cm³/mol. The van der Waals surface area contributed by atoms with Gasteiger partial charge in [-0.3, -0.25) is 4.89 Å². The predicted octanol–water partition coefficient (Wildman–Crippen LogP) is 2.45. The Labute approximate surface area is 74.0 Å². The van der Waals surface area contributed by atoms with Gasteiger partial charge in [0.1, 0.15) is 5.60 Å². The molecular weight excluding hydrogens is 156 g/mol. The van der Waals surface area contributed by atoms with Crippen LogP contribution >= 0.6 is 0 Å². The molecule has 0 bridgehead atoms. The number of carbonyl (C=O) groups is 1. The van der Waals surface area contributed by atoms with Gasteiger partial charge in [-0.25, -0.2) is 4.79 Å². The molecule has 0 aliphatic carbocycles. The lowest BCUT2D eigenvalue weighted by atomic mass is 10.2. The molecule has 0 saturated heterocycles. The van der Waals surface area contributed by atoms with E-state index in [2.05, 4.69) is 4.89 Å². The summed E-state index contributed by atoms with van der Waals surface area (Å²) in [5, 5.41) is 0. The maximum Gasteiger partial charge on any atom is 0.342 e. The highest BCUT2D eigenvalue weighted by atomic mass is 17.2. The molecular formula is C9H18O3. The van der Waals surface area contributed by atoms with Crippen LogP contribution in [0.4, 0.5) is 0 Å². The van der Waals surface area contributed by atoms with Crippen molar-refractivity contribution >= 4 is 5.97 Å². The minimum atomic E-state index is -0.415. The highest BCUT2D eigenvalue weighted by Crippen LogP contribution is 2.08. The van der Waals surface area contributed by atoms with Crippen molar-refractivity contribution < 1.29 is 14.6 Å². The average Bonchev–Trinajstić information content (AvgIpc) is 1.95. The first kappa shape index (κ1) is 11.4. The minimum absolute atomic E-state index is 0.285. The van der Waals surface area contributed by atoms with Crippen molar-refractivity contribution in [3.8, 4) is 0 Å². The fraction of sp³-hybridized carbons (Fsp3) is 0.889. The molecule has 0 saturated carbocycles. The van der Waals surface area contributed by atoms with Gasteiger partial charge in [0.25, 0.3) is 0 Å². The van der Waals surface area contributed by atoms with Crippen LogP contribution in [0.15, 0.2) is 0 Å². The van der Waals surface area contributed by atoms with E-state index in [-0.39, 0.29) is 5.97 Å². The van der Waals surface area contributed by atoms with Crippen LogP contribution in [0.25, 0.3) is 0 Å². The minimum Gasteiger partial charge on any atom is -0.298 e. The Hall–Kier alpha value is -0.570. The first-order valence-corrected chi connectivity index (χ1v) is 4.34. The molecule has 0 atom stereocenters. The van der Waals surface area contributed by atoms with Gasteiger partial charge < -0.3 is 0 Å². The number of carbonyl (C=O) groups excluding carboxylic acids is 1. The molecule has 0 amide bonds. The summed E-state index contributed by atoms with van der Waals surface area (Å²) in [5.74, 6) is -0.285. The van der Waals surface area contributed by atoms with Gasteiger partial charge in [0.2, 0.25) is 0 Å². The summed E-state index contributed by atoms with van der Waals surface area (Å²) in [4.78, 5) is 20.3. The molecule has 12 heavy (non-hydrogen) atoms. The fourth-order valence-electron chi connectivity index (χ4n) is 0.534. The van der Waals surface area contributed by atoms with Gasteiger partial charge in [-0.1, -0.05) is 13.3 Å². The van der Waals surface area contributed by atoms with Crippen LogP contribution in [-0.4, -0.2) is 11.6 Å². The molecule has 3 nitrogen and oxygen atoms in total. The van der Waals surface area contributed by atoms with Crippen LogP contribution in [0.2, 0.25) is 0 Å². The van der Waals surface area contributed by atoms with Gasteiger partial charge >= 0.3 is 5.97 Å². The topological polar surface area (TPSA) is 35.5 Å². The highest BCUT2D eigenvalue weighted by Gasteiger charge is 2.14. The summed E-state index contributed by atoms with van der Waals surface area (Å²) >= 11 is 0. The van der Waals surface area contributed by atoms with Gasteiger partial charge in [-0.05, 0) is 27.2 Å². The van der Waals surface area contributed by atoms with Gasteiger partial charge in [0.05, 0.1) is 0 Å². The lowest BCUT2D eigenvalue weighted by Gasteiger charge is -2.16. The van der Waals surface area contributed by atoms with E-state index in [1.807, 2.05) is 27.7 Å². The van der Waals surface area contributed by atoms with E-state index < -0.39 is 5.60 Å². The second-order valence-corrected chi connectivity index (χ2v) is 3.75. The summed E-state index contributed by atoms with van der Waals surface area (Å²) in [7, 11) is 0. The molecule has 0 N–H and O–H groups in total. The molecule has 0 fully saturated rings. The molecule has 0 spiro atoms.